The molecule has 1 saturated heterocycles. The van der Waals surface area contributed by atoms with E-state index in [2.05, 4.69) is 36.1 Å². The Morgan fingerprint density at radius 2 is 2.10 bits per heavy atom. The zero-order valence-corrected chi connectivity index (χ0v) is 15.2. The Bertz CT molecular complexity index is 318. The van der Waals surface area contributed by atoms with Gasteiger partial charge in [-0.25, -0.2) is 0 Å². The van der Waals surface area contributed by atoms with Gasteiger partial charge in [0.05, 0.1) is 12.6 Å². The molecule has 1 aliphatic carbocycles. The van der Waals surface area contributed by atoms with Crippen molar-refractivity contribution in [3.05, 3.63) is 0 Å². The van der Waals surface area contributed by atoms with E-state index < -0.39 is 0 Å². The summed E-state index contributed by atoms with van der Waals surface area (Å²) in [5.74, 6) is 1.79. The summed E-state index contributed by atoms with van der Waals surface area (Å²) in [6, 6.07) is 0.557. The van der Waals surface area contributed by atoms with Gasteiger partial charge in [0.25, 0.3) is 0 Å². The van der Waals surface area contributed by atoms with Gasteiger partial charge in [0.2, 0.25) is 0 Å². The maximum absolute atomic E-state index is 9.65. The van der Waals surface area contributed by atoms with Crippen molar-refractivity contribution in [2.75, 3.05) is 40.3 Å². The molecule has 0 radical (unpaired) electrons. The van der Waals surface area contributed by atoms with Crippen molar-refractivity contribution in [2.24, 2.45) is 10.9 Å². The first-order chi connectivity index (χ1) is 9.11. The fourth-order valence-corrected chi connectivity index (χ4v) is 2.76. The summed E-state index contributed by atoms with van der Waals surface area (Å²) in [6.45, 7) is 5.44. The summed E-state index contributed by atoms with van der Waals surface area (Å²) in [7, 11) is 4.29. The third-order valence-corrected chi connectivity index (χ3v) is 4.06. The molecule has 2 atom stereocenters. The third kappa shape index (κ3) is 5.04. The van der Waals surface area contributed by atoms with Crippen LogP contribution in [0.4, 0.5) is 0 Å². The minimum absolute atomic E-state index is 0. The molecule has 0 aromatic carbocycles. The number of hydrogen-bond acceptors (Lipinski definition) is 3. The molecular weight excluding hydrogens is 367 g/mol. The number of likely N-dealkylation sites (N-methyl/N-ethyl adjacent to an activating group) is 1. The van der Waals surface area contributed by atoms with E-state index in [1.54, 1.807) is 0 Å². The second-order valence-corrected chi connectivity index (χ2v) is 5.95. The molecule has 118 valence electrons. The molecule has 0 spiro atoms. The van der Waals surface area contributed by atoms with Crippen LogP contribution in [0.25, 0.3) is 0 Å². The monoisotopic (exact) mass is 396 g/mol. The Morgan fingerprint density at radius 1 is 1.40 bits per heavy atom. The van der Waals surface area contributed by atoms with Crippen LogP contribution in [0.2, 0.25) is 0 Å². The van der Waals surface area contributed by atoms with E-state index in [4.69, 9.17) is 4.99 Å². The van der Waals surface area contributed by atoms with Gasteiger partial charge >= 0.3 is 0 Å². The maximum Gasteiger partial charge on any atom is 0.194 e. The lowest BCUT2D eigenvalue weighted by Crippen LogP contribution is -2.42. The Labute approximate surface area is 139 Å². The topological polar surface area (TPSA) is 51.1 Å². The highest BCUT2D eigenvalue weighted by atomic mass is 127. The lowest BCUT2D eigenvalue weighted by atomic mass is 10.2. The van der Waals surface area contributed by atoms with Gasteiger partial charge in [0.15, 0.2) is 5.96 Å². The highest BCUT2D eigenvalue weighted by Gasteiger charge is 2.32. The van der Waals surface area contributed by atoms with Crippen LogP contribution in [0.3, 0.4) is 0 Å². The normalized spacial score (nSPS) is 24.8. The maximum atomic E-state index is 9.65. The molecule has 6 heteroatoms. The molecule has 1 saturated carbocycles. The molecule has 0 bridgehead atoms. The molecule has 0 aromatic heterocycles. The highest BCUT2D eigenvalue weighted by molar-refractivity contribution is 14.0. The van der Waals surface area contributed by atoms with Crippen molar-refractivity contribution >= 4 is 29.9 Å². The second-order valence-electron chi connectivity index (χ2n) is 5.95. The minimum Gasteiger partial charge on any atom is -0.391 e. The number of hydrogen-bond donors (Lipinski definition) is 2. The lowest BCUT2D eigenvalue weighted by molar-refractivity contribution is 0.187. The van der Waals surface area contributed by atoms with Gasteiger partial charge in [-0.3, -0.25) is 4.99 Å². The largest absolute Gasteiger partial charge is 0.391 e. The van der Waals surface area contributed by atoms with Gasteiger partial charge < -0.3 is 20.2 Å². The summed E-state index contributed by atoms with van der Waals surface area (Å²) in [5, 5.41) is 13.0. The van der Waals surface area contributed by atoms with E-state index >= 15 is 0 Å². The van der Waals surface area contributed by atoms with Crippen molar-refractivity contribution in [1.29, 1.82) is 0 Å². The molecule has 2 N–H and O–H groups in total. The Balaban J connectivity index is 0.00000200. The van der Waals surface area contributed by atoms with Crippen molar-refractivity contribution < 1.29 is 5.11 Å². The summed E-state index contributed by atoms with van der Waals surface area (Å²) < 4.78 is 0. The van der Waals surface area contributed by atoms with Gasteiger partial charge in [-0.2, -0.15) is 0 Å². The SMILES string of the molecule is CCNC(=NCC(C1CC1)N(C)C)N1CC[C@@H](O)C1.I. The van der Waals surface area contributed by atoms with Crippen molar-refractivity contribution in [2.45, 2.75) is 38.3 Å². The van der Waals surface area contributed by atoms with Crippen LogP contribution in [-0.2, 0) is 0 Å². The van der Waals surface area contributed by atoms with Crippen LogP contribution >= 0.6 is 24.0 Å². The number of aliphatic imine (C=N–C) groups is 1. The van der Waals surface area contributed by atoms with E-state index in [1.807, 2.05) is 0 Å². The molecule has 20 heavy (non-hydrogen) atoms. The van der Waals surface area contributed by atoms with E-state index in [0.29, 0.717) is 12.6 Å². The number of rotatable bonds is 5. The second kappa shape index (κ2) is 8.38. The minimum atomic E-state index is -0.197. The standard InChI is InChI=1S/C14H28N4O.HI/c1-4-15-14(18-8-7-12(19)10-18)16-9-13(17(2)3)11-5-6-11;/h11-13,19H,4-10H2,1-3H3,(H,15,16);1H/t12-,13?;/m1./s1. The predicted molar refractivity (Wildman–Crippen MR) is 93.8 cm³/mol. The summed E-state index contributed by atoms with van der Waals surface area (Å²) in [6.07, 6.45) is 3.34. The number of nitrogens with one attached hydrogen (secondary N) is 1. The fraction of sp³-hybridized carbons (Fsp3) is 0.929. The molecular formula is C14H29IN4O. The van der Waals surface area contributed by atoms with Crippen LogP contribution < -0.4 is 5.32 Å². The Hall–Kier alpha value is -0.0800. The number of β-amino-alcohol motifs (C(OH)–C–C–N with tert-alkyl or cyclic N) is 1. The van der Waals surface area contributed by atoms with Crippen molar-refractivity contribution in [3.63, 3.8) is 0 Å². The number of guanidine groups is 1. The van der Waals surface area contributed by atoms with E-state index in [1.165, 1.54) is 12.8 Å². The molecule has 1 aliphatic heterocycles. The predicted octanol–water partition coefficient (Wildman–Crippen LogP) is 0.977. The first-order valence-corrected chi connectivity index (χ1v) is 7.49. The number of halogens is 1. The molecule has 0 amide bonds. The third-order valence-electron chi connectivity index (χ3n) is 4.06. The van der Waals surface area contributed by atoms with E-state index in [9.17, 15) is 5.11 Å². The fourth-order valence-electron chi connectivity index (χ4n) is 2.76. The summed E-state index contributed by atoms with van der Waals surface area (Å²) in [4.78, 5) is 9.26. The summed E-state index contributed by atoms with van der Waals surface area (Å²) >= 11 is 0. The first-order valence-electron chi connectivity index (χ1n) is 7.49. The quantitative estimate of drug-likeness (QED) is 0.413. The Kier molecular flexibility index (Phi) is 7.53. The highest BCUT2D eigenvalue weighted by Crippen LogP contribution is 2.34. The molecule has 2 aliphatic rings. The molecule has 5 nitrogen and oxygen atoms in total. The number of nitrogens with zero attached hydrogens (tertiary/aromatic N) is 3. The van der Waals surface area contributed by atoms with Crippen LogP contribution in [0, 0.1) is 5.92 Å². The van der Waals surface area contributed by atoms with Crippen LogP contribution in [0.1, 0.15) is 26.2 Å². The van der Waals surface area contributed by atoms with Crippen LogP contribution in [0.5, 0.6) is 0 Å². The molecule has 2 fully saturated rings. The average Bonchev–Trinajstić information content (AvgIpc) is 3.10. The first kappa shape index (κ1) is 18.0. The number of aliphatic hydroxyl groups excluding tert-OH is 1. The molecule has 1 unspecified atom stereocenters. The summed E-state index contributed by atoms with van der Waals surface area (Å²) in [5.41, 5.74) is 0. The lowest BCUT2D eigenvalue weighted by Gasteiger charge is -2.25. The number of aliphatic hydroxyl groups is 1. The average molecular weight is 396 g/mol. The van der Waals surface area contributed by atoms with Gasteiger partial charge in [0, 0.05) is 25.7 Å². The molecule has 0 aromatic rings. The van der Waals surface area contributed by atoms with E-state index in [-0.39, 0.29) is 30.1 Å². The van der Waals surface area contributed by atoms with Crippen LogP contribution in [-0.4, -0.2) is 73.3 Å². The number of likely N-dealkylation sites (tertiary alicyclic amines) is 1. The van der Waals surface area contributed by atoms with Crippen LogP contribution in [0.15, 0.2) is 4.99 Å². The van der Waals surface area contributed by atoms with Gasteiger partial charge in [-0.05, 0) is 46.2 Å². The van der Waals surface area contributed by atoms with Crippen molar-refractivity contribution in [1.82, 2.24) is 15.1 Å². The van der Waals surface area contributed by atoms with Crippen molar-refractivity contribution in [3.8, 4) is 0 Å². The zero-order chi connectivity index (χ0) is 13.8. The van der Waals surface area contributed by atoms with Gasteiger partial charge in [0.1, 0.15) is 0 Å². The van der Waals surface area contributed by atoms with Gasteiger partial charge in [-0.1, -0.05) is 0 Å². The smallest absolute Gasteiger partial charge is 0.194 e. The molecule has 1 heterocycles. The van der Waals surface area contributed by atoms with E-state index in [0.717, 1.165) is 37.9 Å². The zero-order valence-electron chi connectivity index (χ0n) is 12.9. The molecule has 2 rings (SSSR count). The van der Waals surface area contributed by atoms with Gasteiger partial charge in [-0.15, -0.1) is 24.0 Å². The Morgan fingerprint density at radius 3 is 2.55 bits per heavy atom.